The van der Waals surface area contributed by atoms with Crippen molar-refractivity contribution in [3.05, 3.63) is 43.0 Å². The third kappa shape index (κ3) is 1.54. The van der Waals surface area contributed by atoms with Gasteiger partial charge < -0.3 is 5.73 Å². The quantitative estimate of drug-likeness (QED) is 0.746. The number of rotatable bonds is 3. The van der Waals surface area contributed by atoms with E-state index in [9.17, 15) is 0 Å². The van der Waals surface area contributed by atoms with E-state index in [2.05, 4.69) is 33.3 Å². The molecule has 0 atom stereocenters. The van der Waals surface area contributed by atoms with Crippen LogP contribution in [0.4, 0.5) is 5.82 Å². The van der Waals surface area contributed by atoms with Crippen molar-refractivity contribution in [2.75, 3.05) is 5.73 Å². The summed E-state index contributed by atoms with van der Waals surface area (Å²) in [5.41, 5.74) is 8.37. The second-order valence-electron chi connectivity index (χ2n) is 3.96. The molecule has 19 heavy (non-hydrogen) atoms. The number of nitrogen functional groups attached to an aromatic ring is 1. The lowest BCUT2D eigenvalue weighted by molar-refractivity contribution is 0.964. The number of aromatic nitrogens is 5. The van der Waals surface area contributed by atoms with E-state index in [0.717, 1.165) is 11.3 Å². The zero-order valence-electron chi connectivity index (χ0n) is 10.2. The Kier molecular flexibility index (Phi) is 2.42. The molecule has 3 aromatic rings. The SMILES string of the molecule is C=Cc1ccn(-c2n[nH]c3ncnc(N)c23)c1C=C. The van der Waals surface area contributed by atoms with Crippen molar-refractivity contribution in [2.45, 2.75) is 0 Å². The molecule has 0 bridgehead atoms. The van der Waals surface area contributed by atoms with Gasteiger partial charge in [0.1, 0.15) is 17.5 Å². The van der Waals surface area contributed by atoms with Crippen LogP contribution in [0.15, 0.2) is 31.7 Å². The van der Waals surface area contributed by atoms with E-state index in [4.69, 9.17) is 5.73 Å². The van der Waals surface area contributed by atoms with E-state index in [1.807, 2.05) is 16.8 Å². The van der Waals surface area contributed by atoms with Crippen LogP contribution in [-0.2, 0) is 0 Å². The van der Waals surface area contributed by atoms with E-state index < -0.39 is 0 Å². The van der Waals surface area contributed by atoms with Crippen LogP contribution in [0, 0.1) is 0 Å². The second kappa shape index (κ2) is 4.09. The van der Waals surface area contributed by atoms with Crippen LogP contribution in [-0.4, -0.2) is 24.7 Å². The van der Waals surface area contributed by atoms with E-state index in [1.54, 1.807) is 12.2 Å². The number of fused-ring (bicyclic) bond motifs is 1. The van der Waals surface area contributed by atoms with Crippen LogP contribution in [0.2, 0.25) is 0 Å². The smallest absolute Gasteiger partial charge is 0.172 e. The minimum atomic E-state index is 0.387. The van der Waals surface area contributed by atoms with E-state index in [0.29, 0.717) is 22.7 Å². The van der Waals surface area contributed by atoms with Crippen molar-refractivity contribution >= 4 is 29.0 Å². The summed E-state index contributed by atoms with van der Waals surface area (Å²) in [5.74, 6) is 1.04. The van der Waals surface area contributed by atoms with Gasteiger partial charge in [-0.1, -0.05) is 19.2 Å². The van der Waals surface area contributed by atoms with Gasteiger partial charge in [0.25, 0.3) is 0 Å². The van der Waals surface area contributed by atoms with Crippen molar-refractivity contribution in [3.63, 3.8) is 0 Å². The van der Waals surface area contributed by atoms with E-state index >= 15 is 0 Å². The fourth-order valence-electron chi connectivity index (χ4n) is 2.07. The van der Waals surface area contributed by atoms with Crippen molar-refractivity contribution in [1.82, 2.24) is 24.7 Å². The van der Waals surface area contributed by atoms with Crippen LogP contribution >= 0.6 is 0 Å². The Morgan fingerprint density at radius 1 is 1.26 bits per heavy atom. The van der Waals surface area contributed by atoms with Gasteiger partial charge in [-0.05, 0) is 17.7 Å². The van der Waals surface area contributed by atoms with Crippen molar-refractivity contribution < 1.29 is 0 Å². The molecule has 94 valence electrons. The maximum absolute atomic E-state index is 5.90. The fourth-order valence-corrected chi connectivity index (χ4v) is 2.07. The average molecular weight is 252 g/mol. The summed E-state index contributed by atoms with van der Waals surface area (Å²) in [7, 11) is 0. The monoisotopic (exact) mass is 252 g/mol. The molecule has 3 heterocycles. The molecule has 0 amide bonds. The molecule has 0 aliphatic carbocycles. The molecule has 0 saturated carbocycles. The molecule has 0 aliphatic rings. The highest BCUT2D eigenvalue weighted by molar-refractivity contribution is 5.92. The summed E-state index contributed by atoms with van der Waals surface area (Å²) in [6.45, 7) is 7.59. The van der Waals surface area contributed by atoms with Gasteiger partial charge in [0.05, 0.1) is 5.69 Å². The Morgan fingerprint density at radius 3 is 2.84 bits per heavy atom. The number of H-pyrrole nitrogens is 1. The van der Waals surface area contributed by atoms with Gasteiger partial charge in [0, 0.05) is 6.20 Å². The lowest BCUT2D eigenvalue weighted by Crippen LogP contribution is -1.99. The summed E-state index contributed by atoms with van der Waals surface area (Å²) in [4.78, 5) is 8.10. The molecule has 0 radical (unpaired) electrons. The minimum Gasteiger partial charge on any atom is -0.383 e. The first kappa shape index (κ1) is 11.2. The molecule has 0 spiro atoms. The Bertz CT molecular complexity index is 780. The number of nitrogens with one attached hydrogen (secondary N) is 1. The zero-order chi connectivity index (χ0) is 13.4. The van der Waals surface area contributed by atoms with Gasteiger partial charge in [0.2, 0.25) is 0 Å². The normalized spacial score (nSPS) is 10.7. The number of hydrogen-bond donors (Lipinski definition) is 2. The molecular formula is C13H12N6. The van der Waals surface area contributed by atoms with Crippen LogP contribution < -0.4 is 5.73 Å². The fraction of sp³-hybridized carbons (Fsp3) is 0. The third-order valence-corrected chi connectivity index (χ3v) is 2.97. The summed E-state index contributed by atoms with van der Waals surface area (Å²) in [6.07, 6.45) is 6.80. The second-order valence-corrected chi connectivity index (χ2v) is 3.96. The first-order valence-electron chi connectivity index (χ1n) is 5.67. The van der Waals surface area contributed by atoms with Crippen LogP contribution in [0.5, 0.6) is 0 Å². The highest BCUT2D eigenvalue weighted by Gasteiger charge is 2.15. The Morgan fingerprint density at radius 2 is 2.11 bits per heavy atom. The summed E-state index contributed by atoms with van der Waals surface area (Å²) in [6, 6.07) is 1.94. The molecule has 0 aromatic carbocycles. The van der Waals surface area contributed by atoms with Crippen molar-refractivity contribution in [1.29, 1.82) is 0 Å². The van der Waals surface area contributed by atoms with Gasteiger partial charge in [-0.3, -0.25) is 9.67 Å². The molecule has 6 heteroatoms. The number of nitrogens with zero attached hydrogens (tertiary/aromatic N) is 4. The Balaban J connectivity index is 2.34. The van der Waals surface area contributed by atoms with Crippen LogP contribution in [0.25, 0.3) is 29.0 Å². The lowest BCUT2D eigenvalue weighted by Gasteiger charge is -2.04. The molecule has 3 N–H and O–H groups in total. The van der Waals surface area contributed by atoms with Gasteiger partial charge in [-0.2, -0.15) is 5.10 Å². The summed E-state index contributed by atoms with van der Waals surface area (Å²) in [5, 5.41) is 7.79. The first-order valence-corrected chi connectivity index (χ1v) is 5.67. The topological polar surface area (TPSA) is 85.4 Å². The highest BCUT2D eigenvalue weighted by Crippen LogP contribution is 2.25. The number of nitrogens with two attached hydrogens (primary N) is 1. The van der Waals surface area contributed by atoms with Gasteiger partial charge in [-0.25, -0.2) is 9.97 Å². The average Bonchev–Trinajstić information content (AvgIpc) is 3.01. The molecule has 3 aromatic heterocycles. The summed E-state index contributed by atoms with van der Waals surface area (Å²) >= 11 is 0. The Labute approximate surface area is 109 Å². The van der Waals surface area contributed by atoms with Gasteiger partial charge in [0.15, 0.2) is 11.5 Å². The molecule has 3 rings (SSSR count). The largest absolute Gasteiger partial charge is 0.383 e. The van der Waals surface area contributed by atoms with Crippen molar-refractivity contribution in [2.24, 2.45) is 0 Å². The lowest BCUT2D eigenvalue weighted by atomic mass is 10.2. The van der Waals surface area contributed by atoms with Crippen molar-refractivity contribution in [3.8, 4) is 5.82 Å². The van der Waals surface area contributed by atoms with E-state index in [1.165, 1.54) is 6.33 Å². The predicted molar refractivity (Wildman–Crippen MR) is 75.6 cm³/mol. The van der Waals surface area contributed by atoms with E-state index in [-0.39, 0.29) is 0 Å². The molecule has 0 fully saturated rings. The van der Waals surface area contributed by atoms with Gasteiger partial charge >= 0.3 is 0 Å². The molecule has 0 saturated heterocycles. The molecule has 0 aliphatic heterocycles. The molecule has 0 unspecified atom stereocenters. The van der Waals surface area contributed by atoms with Crippen LogP contribution in [0.1, 0.15) is 11.3 Å². The third-order valence-electron chi connectivity index (χ3n) is 2.97. The number of anilines is 1. The van der Waals surface area contributed by atoms with Gasteiger partial charge in [-0.15, -0.1) is 0 Å². The minimum absolute atomic E-state index is 0.387. The Hall–Kier alpha value is -2.89. The standard InChI is InChI=1S/C13H12N6/c1-3-8-5-6-19(9(8)4-2)13-10-11(14)15-7-16-12(10)17-18-13/h3-7H,1-2H2,(H3,14,15,16,17,18). The number of hydrogen-bond acceptors (Lipinski definition) is 4. The number of aromatic amines is 1. The maximum atomic E-state index is 5.90. The zero-order valence-corrected chi connectivity index (χ0v) is 10.2. The summed E-state index contributed by atoms with van der Waals surface area (Å²) < 4.78 is 1.88. The van der Waals surface area contributed by atoms with Crippen LogP contribution in [0.3, 0.4) is 0 Å². The maximum Gasteiger partial charge on any atom is 0.172 e. The first-order chi connectivity index (χ1) is 9.26. The highest BCUT2D eigenvalue weighted by atomic mass is 15.2. The molecular weight excluding hydrogens is 240 g/mol. The molecule has 6 nitrogen and oxygen atoms in total. The predicted octanol–water partition coefficient (Wildman–Crippen LogP) is 2.01.